The Morgan fingerprint density at radius 1 is 0.907 bits per heavy atom. The fourth-order valence-corrected chi connectivity index (χ4v) is 4.34. The highest BCUT2D eigenvalue weighted by Gasteiger charge is 2.28. The van der Waals surface area contributed by atoms with Gasteiger partial charge >= 0.3 is 0 Å². The van der Waals surface area contributed by atoms with Crippen molar-refractivity contribution in [2.75, 3.05) is 19.8 Å². The number of nitrogens with two attached hydrogens (primary N) is 1. The van der Waals surface area contributed by atoms with Gasteiger partial charge in [-0.05, 0) is 41.8 Å². The monoisotopic (exact) mass is 609 g/mol. The molecule has 0 fully saturated rings. The first-order valence-electron chi connectivity index (χ1n) is 13.5. The molecule has 226 valence electrons. The van der Waals surface area contributed by atoms with Crippen LogP contribution in [0.15, 0.2) is 91.0 Å². The highest BCUT2D eigenvalue weighted by molar-refractivity contribution is 5.94. The number of hydrogen-bond donors (Lipinski definition) is 3. The summed E-state index contributed by atoms with van der Waals surface area (Å²) in [6.07, 6.45) is -1.49. The second-order valence-electron chi connectivity index (χ2n) is 9.40. The van der Waals surface area contributed by atoms with Crippen molar-refractivity contribution in [1.82, 2.24) is 5.32 Å². The molecular formula is C33H34ClF2N3O4. The Morgan fingerprint density at radius 2 is 1.56 bits per heavy atom. The molecule has 0 saturated carbocycles. The van der Waals surface area contributed by atoms with E-state index in [2.05, 4.69) is 5.32 Å². The molecular weight excluding hydrogens is 576 g/mol. The third kappa shape index (κ3) is 9.09. The van der Waals surface area contributed by atoms with E-state index in [0.717, 1.165) is 11.1 Å². The maximum Gasteiger partial charge on any atom is 0.254 e. The van der Waals surface area contributed by atoms with Gasteiger partial charge in [0, 0.05) is 24.3 Å². The van der Waals surface area contributed by atoms with E-state index in [1.54, 1.807) is 55.5 Å². The molecule has 0 radical (unpaired) electrons. The van der Waals surface area contributed by atoms with Crippen LogP contribution in [0.4, 0.5) is 8.78 Å². The summed E-state index contributed by atoms with van der Waals surface area (Å²) < 4.78 is 48.0. The summed E-state index contributed by atoms with van der Waals surface area (Å²) in [7, 11) is 0. The van der Waals surface area contributed by atoms with Crippen molar-refractivity contribution in [3.05, 3.63) is 125 Å². The maximum atomic E-state index is 15.5. The summed E-state index contributed by atoms with van der Waals surface area (Å²) in [5, 5.41) is 10.1. The molecule has 0 bridgehead atoms. The fourth-order valence-electron chi connectivity index (χ4n) is 4.34. The van der Waals surface area contributed by atoms with Crippen molar-refractivity contribution < 1.29 is 27.8 Å². The number of hydrogen-bond acceptors (Lipinski definition) is 5. The molecule has 4 aromatic rings. The molecule has 0 spiro atoms. The van der Waals surface area contributed by atoms with Crippen LogP contribution < -0.4 is 15.8 Å². The predicted octanol–water partition coefficient (Wildman–Crippen LogP) is 6.33. The molecule has 43 heavy (non-hydrogen) atoms. The summed E-state index contributed by atoms with van der Waals surface area (Å²) in [5.41, 5.74) is 8.07. The fraction of sp³-hybridized carbons (Fsp3) is 0.212. The van der Waals surface area contributed by atoms with Gasteiger partial charge in [-0.2, -0.15) is 0 Å². The predicted molar refractivity (Wildman–Crippen MR) is 164 cm³/mol. The van der Waals surface area contributed by atoms with Gasteiger partial charge in [0.25, 0.3) is 5.91 Å². The van der Waals surface area contributed by atoms with Crippen LogP contribution in [-0.4, -0.2) is 31.6 Å². The van der Waals surface area contributed by atoms with Crippen molar-refractivity contribution in [1.29, 1.82) is 5.41 Å². The molecule has 0 aliphatic heterocycles. The quantitative estimate of drug-likeness (QED) is 0.0880. The van der Waals surface area contributed by atoms with E-state index >= 15 is 8.78 Å². The first-order valence-corrected chi connectivity index (χ1v) is 13.5. The van der Waals surface area contributed by atoms with Crippen molar-refractivity contribution in [2.24, 2.45) is 5.73 Å². The zero-order chi connectivity index (χ0) is 29.9. The van der Waals surface area contributed by atoms with Crippen molar-refractivity contribution in [2.45, 2.75) is 26.2 Å². The van der Waals surface area contributed by atoms with Gasteiger partial charge in [-0.25, -0.2) is 8.78 Å². The molecule has 10 heteroatoms. The Balaban J connectivity index is 0.00000506. The molecule has 0 aliphatic rings. The standard InChI is InChI=1S/C33H33F2N3O4.ClH/c1-2-41-31(33(39)38-20-22-12-14-24(15-13-22)32(36)37)30-27(34)18-25(19-28(30)35)26-10-6-7-11-29(26)42-17-16-40-21-23-8-4-3-5-9-23;/h3-15,18-19,31H,2,16-17,20-21H2,1H3,(H3,36,37)(H,38,39);1H/t31-;/m0./s1. The number of halogens is 3. The number of ether oxygens (including phenoxy) is 3. The third-order valence-corrected chi connectivity index (χ3v) is 6.44. The van der Waals surface area contributed by atoms with Crippen LogP contribution in [0.1, 0.15) is 35.3 Å². The van der Waals surface area contributed by atoms with Gasteiger partial charge in [-0.15, -0.1) is 12.4 Å². The van der Waals surface area contributed by atoms with Crippen molar-refractivity contribution in [3.63, 3.8) is 0 Å². The molecule has 1 amide bonds. The summed E-state index contributed by atoms with van der Waals surface area (Å²) in [5.74, 6) is -2.13. The average Bonchev–Trinajstić information content (AvgIpc) is 3.00. The topological polar surface area (TPSA) is 107 Å². The minimum atomic E-state index is -1.49. The van der Waals surface area contributed by atoms with Gasteiger partial charge < -0.3 is 25.3 Å². The maximum absolute atomic E-state index is 15.5. The first-order chi connectivity index (χ1) is 20.4. The summed E-state index contributed by atoms with van der Waals surface area (Å²) in [6.45, 7) is 2.83. The minimum absolute atomic E-state index is 0. The molecule has 4 rings (SSSR count). The van der Waals surface area contributed by atoms with E-state index in [9.17, 15) is 4.79 Å². The zero-order valence-corrected chi connectivity index (χ0v) is 24.5. The van der Waals surface area contributed by atoms with E-state index < -0.39 is 29.2 Å². The van der Waals surface area contributed by atoms with Crippen LogP contribution in [0.25, 0.3) is 11.1 Å². The van der Waals surface area contributed by atoms with Crippen LogP contribution in [0.3, 0.4) is 0 Å². The number of nitrogens with one attached hydrogen (secondary N) is 2. The van der Waals surface area contributed by atoms with E-state index in [1.807, 2.05) is 30.3 Å². The largest absolute Gasteiger partial charge is 0.491 e. The molecule has 4 N–H and O–H groups in total. The van der Waals surface area contributed by atoms with E-state index in [-0.39, 0.29) is 43.6 Å². The molecule has 0 aliphatic carbocycles. The van der Waals surface area contributed by atoms with Gasteiger partial charge in [0.15, 0.2) is 6.10 Å². The Labute approximate surface area is 255 Å². The van der Waals surface area contributed by atoms with Crippen LogP contribution in [0, 0.1) is 17.0 Å². The Hall–Kier alpha value is -4.31. The highest BCUT2D eigenvalue weighted by atomic mass is 35.5. The number of amidine groups is 1. The summed E-state index contributed by atoms with van der Waals surface area (Å²) in [4.78, 5) is 13.0. The number of nitrogen functional groups attached to an aromatic ring is 1. The van der Waals surface area contributed by atoms with Gasteiger partial charge in [-0.1, -0.05) is 72.8 Å². The second kappa shape index (κ2) is 16.4. The highest BCUT2D eigenvalue weighted by Crippen LogP contribution is 2.34. The van der Waals surface area contributed by atoms with E-state index in [1.165, 1.54) is 12.1 Å². The lowest BCUT2D eigenvalue weighted by molar-refractivity contribution is -0.133. The Morgan fingerprint density at radius 3 is 2.21 bits per heavy atom. The molecule has 0 heterocycles. The van der Waals surface area contributed by atoms with Gasteiger partial charge in [0.05, 0.1) is 18.8 Å². The molecule has 0 aromatic heterocycles. The minimum Gasteiger partial charge on any atom is -0.491 e. The van der Waals surface area contributed by atoms with Crippen LogP contribution in [-0.2, 0) is 27.4 Å². The molecule has 0 unspecified atom stereocenters. The van der Waals surface area contributed by atoms with Gasteiger partial charge in [0.2, 0.25) is 0 Å². The number of carbonyl (C=O) groups is 1. The lowest BCUT2D eigenvalue weighted by Crippen LogP contribution is -2.31. The second-order valence-corrected chi connectivity index (χ2v) is 9.40. The number of amides is 1. The lowest BCUT2D eigenvalue weighted by Gasteiger charge is -2.20. The van der Waals surface area contributed by atoms with Crippen LogP contribution >= 0.6 is 12.4 Å². The lowest BCUT2D eigenvalue weighted by atomic mass is 9.99. The van der Waals surface area contributed by atoms with Crippen molar-refractivity contribution in [3.8, 4) is 16.9 Å². The SMILES string of the molecule is CCO[C@H](C(=O)NCc1ccc(C(=N)N)cc1)c1c(F)cc(-c2ccccc2OCCOCc2ccccc2)cc1F.Cl. The molecule has 7 nitrogen and oxygen atoms in total. The van der Waals surface area contributed by atoms with E-state index in [4.69, 9.17) is 25.4 Å². The molecule has 0 saturated heterocycles. The number of benzene rings is 4. The average molecular weight is 610 g/mol. The Kier molecular flexibility index (Phi) is 12.6. The zero-order valence-electron chi connectivity index (χ0n) is 23.6. The number of rotatable bonds is 14. The summed E-state index contributed by atoms with van der Waals surface area (Å²) in [6, 6.07) is 25.8. The Bertz CT molecular complexity index is 1480. The third-order valence-electron chi connectivity index (χ3n) is 6.44. The summed E-state index contributed by atoms with van der Waals surface area (Å²) >= 11 is 0. The smallest absolute Gasteiger partial charge is 0.254 e. The van der Waals surface area contributed by atoms with Crippen LogP contribution in [0.5, 0.6) is 5.75 Å². The van der Waals surface area contributed by atoms with Gasteiger partial charge in [0.1, 0.15) is 29.8 Å². The normalized spacial score (nSPS) is 11.3. The first kappa shape index (κ1) is 33.2. The van der Waals surface area contributed by atoms with Crippen molar-refractivity contribution >= 4 is 24.1 Å². The molecule has 1 atom stereocenters. The van der Waals surface area contributed by atoms with Crippen LogP contribution in [0.2, 0.25) is 0 Å². The van der Waals surface area contributed by atoms with Gasteiger partial charge in [-0.3, -0.25) is 10.2 Å². The number of carbonyl (C=O) groups excluding carboxylic acids is 1. The number of para-hydroxylation sites is 1. The van der Waals surface area contributed by atoms with E-state index in [0.29, 0.717) is 30.1 Å². The molecule has 4 aromatic carbocycles.